The van der Waals surface area contributed by atoms with Crippen LogP contribution >= 0.6 is 23.2 Å². The number of hydrogen-bond acceptors (Lipinski definition) is 2. The van der Waals surface area contributed by atoms with Crippen LogP contribution in [0.15, 0.2) is 23.1 Å². The molecule has 0 fully saturated rings. The third-order valence-electron chi connectivity index (χ3n) is 1.19. The van der Waals surface area contributed by atoms with E-state index < -0.39 is 10.1 Å². The van der Waals surface area contributed by atoms with E-state index in [-0.39, 0.29) is 44.5 Å². The Morgan fingerprint density at radius 3 is 2.08 bits per heavy atom. The Labute approximate surface area is 108 Å². The average Bonchev–Trinajstić information content (AvgIpc) is 1.92. The van der Waals surface area contributed by atoms with Gasteiger partial charge in [0, 0.05) is 0 Å². The van der Waals surface area contributed by atoms with Crippen LogP contribution in [0.5, 0.6) is 0 Å². The van der Waals surface area contributed by atoms with Crippen molar-refractivity contribution in [1.29, 1.82) is 0 Å². The van der Waals surface area contributed by atoms with Crippen molar-refractivity contribution in [1.82, 2.24) is 0 Å². The molecule has 3 nitrogen and oxygen atoms in total. The van der Waals surface area contributed by atoms with Crippen molar-refractivity contribution in [3.8, 4) is 0 Å². The van der Waals surface area contributed by atoms with Gasteiger partial charge in [0.15, 0.2) is 0 Å². The molecule has 0 bridgehead atoms. The zero-order valence-electron chi connectivity index (χ0n) is 5.66. The molecule has 0 amide bonds. The van der Waals surface area contributed by atoms with E-state index in [2.05, 4.69) is 0 Å². The van der Waals surface area contributed by atoms with E-state index in [1.807, 2.05) is 0 Å². The maximum absolute atomic E-state index is 10.6. The van der Waals surface area contributed by atoms with Crippen molar-refractivity contribution >= 4 is 62.9 Å². The Balaban J connectivity index is 0.00000144. The van der Waals surface area contributed by atoms with Crippen LogP contribution in [0.1, 0.15) is 0 Å². The molecule has 0 aliphatic carbocycles. The molecule has 0 aromatic heterocycles. The quantitative estimate of drug-likeness (QED) is 0.609. The summed E-state index contributed by atoms with van der Waals surface area (Å²) in [4.78, 5) is -0.267. The van der Waals surface area contributed by atoms with Crippen molar-refractivity contribution in [3.63, 3.8) is 0 Å². The topological polar surface area (TPSA) is 54.4 Å². The predicted molar refractivity (Wildman–Crippen MR) is 53.4 cm³/mol. The second kappa shape index (κ2) is 4.98. The van der Waals surface area contributed by atoms with Gasteiger partial charge in [-0.25, -0.2) is 0 Å². The monoisotopic (exact) mass is 250 g/mol. The molecule has 1 aromatic carbocycles. The molecule has 1 N–H and O–H groups in total. The number of rotatable bonds is 1. The van der Waals surface area contributed by atoms with Crippen molar-refractivity contribution in [2.45, 2.75) is 4.90 Å². The second-order valence-corrected chi connectivity index (χ2v) is 4.29. The maximum atomic E-state index is 10.6. The van der Waals surface area contributed by atoms with Gasteiger partial charge in [0.2, 0.25) is 0 Å². The minimum absolute atomic E-state index is 0. The first-order valence-electron chi connectivity index (χ1n) is 2.84. The standard InChI is InChI=1S/C6H4Cl2O3S.Na.H/c7-5-2-1-4(3-6(5)8)12(9,10)11;;/h1-3H,(H,9,10,11);;. The average molecular weight is 251 g/mol. The molecule has 1 aromatic rings. The van der Waals surface area contributed by atoms with Gasteiger partial charge in [-0.2, -0.15) is 8.42 Å². The van der Waals surface area contributed by atoms with Crippen LogP contribution in [-0.4, -0.2) is 42.5 Å². The summed E-state index contributed by atoms with van der Waals surface area (Å²) < 4.78 is 29.7. The molecule has 13 heavy (non-hydrogen) atoms. The normalized spacial score (nSPS) is 10.7. The van der Waals surface area contributed by atoms with Gasteiger partial charge in [0.1, 0.15) is 0 Å². The first-order valence-corrected chi connectivity index (χ1v) is 5.03. The Morgan fingerprint density at radius 1 is 1.15 bits per heavy atom. The molecule has 0 heterocycles. The van der Waals surface area contributed by atoms with Crippen LogP contribution in [0.25, 0.3) is 0 Å². The second-order valence-electron chi connectivity index (χ2n) is 2.05. The summed E-state index contributed by atoms with van der Waals surface area (Å²) in [6, 6.07) is 3.55. The Kier molecular flexibility index (Phi) is 5.25. The number of hydrogen-bond donors (Lipinski definition) is 1. The van der Waals surface area contributed by atoms with Crippen molar-refractivity contribution in [2.75, 3.05) is 0 Å². The molecule has 1 rings (SSSR count). The number of benzene rings is 1. The Bertz CT molecular complexity index is 404. The fraction of sp³-hybridized carbons (Fsp3) is 0. The van der Waals surface area contributed by atoms with E-state index in [0.717, 1.165) is 6.07 Å². The van der Waals surface area contributed by atoms with Crippen LogP contribution in [0.4, 0.5) is 0 Å². The van der Waals surface area contributed by atoms with E-state index in [1.54, 1.807) is 0 Å². The van der Waals surface area contributed by atoms with Crippen LogP contribution in [0, 0.1) is 0 Å². The van der Waals surface area contributed by atoms with E-state index in [4.69, 9.17) is 27.8 Å². The molecule has 0 saturated carbocycles. The SMILES string of the molecule is O=S(=O)(O)c1ccc(Cl)c(Cl)c1.[NaH]. The summed E-state index contributed by atoms with van der Waals surface area (Å²) in [7, 11) is -4.19. The predicted octanol–water partition coefficient (Wildman–Crippen LogP) is 1.59. The molecule has 68 valence electrons. The third-order valence-corrected chi connectivity index (χ3v) is 2.78. The molecular formula is C6H5Cl2NaO3S. The van der Waals surface area contributed by atoms with E-state index in [0.29, 0.717) is 0 Å². The van der Waals surface area contributed by atoms with Crippen molar-refractivity contribution in [2.24, 2.45) is 0 Å². The summed E-state index contributed by atoms with van der Waals surface area (Å²) in [6.45, 7) is 0. The molecule has 0 atom stereocenters. The first kappa shape index (κ1) is 13.7. The van der Waals surface area contributed by atoms with Gasteiger partial charge >= 0.3 is 29.6 Å². The summed E-state index contributed by atoms with van der Waals surface area (Å²) in [5.41, 5.74) is 0. The van der Waals surface area contributed by atoms with Gasteiger partial charge in [-0.1, -0.05) is 23.2 Å². The molecule has 0 aliphatic rings. The van der Waals surface area contributed by atoms with Gasteiger partial charge in [-0.05, 0) is 18.2 Å². The molecule has 0 saturated heterocycles. The van der Waals surface area contributed by atoms with Gasteiger partial charge in [-0.3, -0.25) is 4.55 Å². The van der Waals surface area contributed by atoms with Crippen LogP contribution in [0.3, 0.4) is 0 Å². The van der Waals surface area contributed by atoms with Crippen molar-refractivity contribution in [3.05, 3.63) is 28.2 Å². The van der Waals surface area contributed by atoms with E-state index >= 15 is 0 Å². The zero-order chi connectivity index (χ0) is 9.35. The summed E-state index contributed by atoms with van der Waals surface area (Å²) in [6.07, 6.45) is 0. The molecule has 0 unspecified atom stereocenters. The van der Waals surface area contributed by atoms with Crippen LogP contribution in [0.2, 0.25) is 10.0 Å². The molecular weight excluding hydrogens is 246 g/mol. The van der Waals surface area contributed by atoms with E-state index in [9.17, 15) is 8.42 Å². The van der Waals surface area contributed by atoms with Gasteiger partial charge < -0.3 is 0 Å². The Hall–Kier alpha value is 0.710. The minimum atomic E-state index is -4.19. The Morgan fingerprint density at radius 2 is 1.69 bits per heavy atom. The fourth-order valence-corrected chi connectivity index (χ4v) is 1.51. The molecule has 0 radical (unpaired) electrons. The summed E-state index contributed by atoms with van der Waals surface area (Å²) in [5.74, 6) is 0. The van der Waals surface area contributed by atoms with Gasteiger partial charge in [0.25, 0.3) is 10.1 Å². The van der Waals surface area contributed by atoms with Crippen LogP contribution in [-0.2, 0) is 10.1 Å². The number of halogens is 2. The van der Waals surface area contributed by atoms with Gasteiger partial charge in [-0.15, -0.1) is 0 Å². The molecule has 7 heteroatoms. The van der Waals surface area contributed by atoms with Crippen molar-refractivity contribution < 1.29 is 13.0 Å². The molecule has 0 spiro atoms. The van der Waals surface area contributed by atoms with Crippen LogP contribution < -0.4 is 0 Å². The summed E-state index contributed by atoms with van der Waals surface area (Å²) >= 11 is 11.0. The third kappa shape index (κ3) is 3.75. The zero-order valence-corrected chi connectivity index (χ0v) is 7.99. The van der Waals surface area contributed by atoms with E-state index in [1.165, 1.54) is 12.1 Å². The van der Waals surface area contributed by atoms with Gasteiger partial charge in [0.05, 0.1) is 14.9 Å². The first-order chi connectivity index (χ1) is 5.41. The fourth-order valence-electron chi connectivity index (χ4n) is 0.637. The molecule has 0 aliphatic heterocycles. The summed E-state index contributed by atoms with van der Waals surface area (Å²) in [5, 5.41) is 0.329.